The van der Waals surface area contributed by atoms with Crippen LogP contribution in [0.2, 0.25) is 0 Å². The number of furan rings is 1. The number of hydrogen-bond acceptors (Lipinski definition) is 5. The van der Waals surface area contributed by atoms with Gasteiger partial charge in [-0.3, -0.25) is 15.5 Å². The van der Waals surface area contributed by atoms with Crippen molar-refractivity contribution in [2.45, 2.75) is 19.3 Å². The molecule has 3 rings (SSSR count). The summed E-state index contributed by atoms with van der Waals surface area (Å²) in [5.74, 6) is 2.80. The van der Waals surface area contributed by atoms with Crippen LogP contribution in [0, 0.1) is 16.0 Å². The van der Waals surface area contributed by atoms with Gasteiger partial charge in [0.15, 0.2) is 5.11 Å². The fourth-order valence-corrected chi connectivity index (χ4v) is 2.56. The lowest BCUT2D eigenvalue weighted by Gasteiger charge is -2.06. The zero-order chi connectivity index (χ0) is 17.1. The standard InChI is InChI=1S/C16H16N4O3S/c1-10-8-12(10)15-7-6-11(23-15)9-17-19-16(24)18-13-4-2-3-5-14(13)20(21)22/h2-7,9-10,12H,8H2,1H3,(H2,18,19,24)/b17-9-/t10-,12-/m1/s1. The van der Waals surface area contributed by atoms with Crippen molar-refractivity contribution < 1.29 is 9.34 Å². The highest BCUT2D eigenvalue weighted by atomic mass is 32.1. The molecule has 1 aromatic carbocycles. The van der Waals surface area contributed by atoms with Crippen molar-refractivity contribution in [3.63, 3.8) is 0 Å². The lowest BCUT2D eigenvalue weighted by Crippen LogP contribution is -2.24. The summed E-state index contributed by atoms with van der Waals surface area (Å²) in [6.45, 7) is 2.19. The molecule has 7 nitrogen and oxygen atoms in total. The maximum absolute atomic E-state index is 10.9. The van der Waals surface area contributed by atoms with E-state index in [0.717, 1.165) is 12.2 Å². The minimum Gasteiger partial charge on any atom is -0.460 e. The van der Waals surface area contributed by atoms with Gasteiger partial charge in [-0.2, -0.15) is 5.10 Å². The molecule has 0 radical (unpaired) electrons. The zero-order valence-electron chi connectivity index (χ0n) is 12.9. The highest BCUT2D eigenvalue weighted by molar-refractivity contribution is 7.80. The summed E-state index contributed by atoms with van der Waals surface area (Å²) in [7, 11) is 0. The van der Waals surface area contributed by atoms with Gasteiger partial charge in [0.05, 0.1) is 11.1 Å². The van der Waals surface area contributed by atoms with Gasteiger partial charge < -0.3 is 9.73 Å². The minimum atomic E-state index is -0.475. The number of anilines is 1. The molecular weight excluding hydrogens is 328 g/mol. The van der Waals surface area contributed by atoms with Crippen LogP contribution in [0.4, 0.5) is 11.4 Å². The van der Waals surface area contributed by atoms with Crippen molar-refractivity contribution in [2.24, 2.45) is 11.0 Å². The van der Waals surface area contributed by atoms with E-state index in [0.29, 0.717) is 23.3 Å². The van der Waals surface area contributed by atoms with E-state index >= 15 is 0 Å². The van der Waals surface area contributed by atoms with E-state index in [4.69, 9.17) is 16.6 Å². The highest BCUT2D eigenvalue weighted by Crippen LogP contribution is 2.47. The largest absolute Gasteiger partial charge is 0.460 e. The van der Waals surface area contributed by atoms with Gasteiger partial charge in [-0.05, 0) is 42.8 Å². The third-order valence-corrected chi connectivity index (χ3v) is 4.02. The summed E-state index contributed by atoms with van der Waals surface area (Å²) >= 11 is 5.08. The molecule has 2 N–H and O–H groups in total. The average molecular weight is 344 g/mol. The van der Waals surface area contributed by atoms with Crippen LogP contribution < -0.4 is 10.7 Å². The number of hydrazone groups is 1. The Labute approximate surface area is 143 Å². The van der Waals surface area contributed by atoms with Gasteiger partial charge in [-0.25, -0.2) is 0 Å². The number of rotatable bonds is 5. The number of nitrogens with one attached hydrogen (secondary N) is 2. The summed E-state index contributed by atoms with van der Waals surface area (Å²) in [4.78, 5) is 10.5. The molecule has 2 atom stereocenters. The molecule has 2 aromatic rings. The lowest BCUT2D eigenvalue weighted by atomic mass is 10.3. The molecule has 0 unspecified atom stereocenters. The molecule has 8 heteroatoms. The smallest absolute Gasteiger partial charge is 0.292 e. The minimum absolute atomic E-state index is 0.0557. The quantitative estimate of drug-likeness (QED) is 0.372. The highest BCUT2D eigenvalue weighted by Gasteiger charge is 2.36. The van der Waals surface area contributed by atoms with Gasteiger partial charge in [0.25, 0.3) is 5.69 Å². The number of thiocarbonyl (C=S) groups is 1. The molecule has 0 amide bonds. The van der Waals surface area contributed by atoms with E-state index in [2.05, 4.69) is 22.8 Å². The molecule has 124 valence electrons. The maximum atomic E-state index is 10.9. The summed E-state index contributed by atoms with van der Waals surface area (Å²) in [6, 6.07) is 10.1. The first kappa shape index (κ1) is 16.1. The van der Waals surface area contributed by atoms with Gasteiger partial charge >= 0.3 is 0 Å². The average Bonchev–Trinajstić information content (AvgIpc) is 3.09. The van der Waals surface area contributed by atoms with Gasteiger partial charge in [-0.1, -0.05) is 19.1 Å². The SMILES string of the molecule is C[C@@H]1C[C@H]1c1ccc(/C=N\NC(=S)Nc2ccccc2[N+](=O)[O-])o1. The topological polar surface area (TPSA) is 92.7 Å². The molecule has 0 spiro atoms. The molecular formula is C16H16N4O3S. The van der Waals surface area contributed by atoms with Crippen LogP contribution in [0.1, 0.15) is 30.8 Å². The molecule has 1 fully saturated rings. The first-order valence-corrected chi connectivity index (χ1v) is 7.88. The van der Waals surface area contributed by atoms with Crippen LogP contribution in [-0.4, -0.2) is 16.3 Å². The van der Waals surface area contributed by atoms with E-state index < -0.39 is 4.92 Å². The van der Waals surface area contributed by atoms with Gasteiger partial charge in [0.1, 0.15) is 17.2 Å². The van der Waals surface area contributed by atoms with Crippen molar-refractivity contribution in [3.05, 3.63) is 58.0 Å². The molecule has 1 heterocycles. The second-order valence-electron chi connectivity index (χ2n) is 5.66. The number of benzene rings is 1. The monoisotopic (exact) mass is 344 g/mol. The Morgan fingerprint density at radius 3 is 2.88 bits per heavy atom. The van der Waals surface area contributed by atoms with E-state index in [1.807, 2.05) is 12.1 Å². The van der Waals surface area contributed by atoms with Crippen molar-refractivity contribution in [1.82, 2.24) is 5.43 Å². The first-order valence-electron chi connectivity index (χ1n) is 7.48. The van der Waals surface area contributed by atoms with Crippen LogP contribution in [0.5, 0.6) is 0 Å². The van der Waals surface area contributed by atoms with Crippen LogP contribution in [0.25, 0.3) is 0 Å². The lowest BCUT2D eigenvalue weighted by molar-refractivity contribution is -0.383. The van der Waals surface area contributed by atoms with Gasteiger partial charge in [0.2, 0.25) is 0 Å². The summed E-state index contributed by atoms with van der Waals surface area (Å²) in [6.07, 6.45) is 2.68. The predicted octanol–water partition coefficient (Wildman–Crippen LogP) is 3.63. The Morgan fingerprint density at radius 1 is 1.42 bits per heavy atom. The third kappa shape index (κ3) is 3.77. The van der Waals surface area contributed by atoms with Crippen LogP contribution in [-0.2, 0) is 0 Å². The van der Waals surface area contributed by atoms with Gasteiger partial charge in [-0.15, -0.1) is 0 Å². The summed E-state index contributed by atoms with van der Waals surface area (Å²) < 4.78 is 5.69. The number of nitrogens with zero attached hydrogens (tertiary/aromatic N) is 2. The third-order valence-electron chi connectivity index (χ3n) is 3.83. The van der Waals surface area contributed by atoms with Crippen LogP contribution >= 0.6 is 12.2 Å². The number of nitro benzene ring substituents is 1. The number of para-hydroxylation sites is 2. The number of hydrogen-bond donors (Lipinski definition) is 2. The second-order valence-corrected chi connectivity index (χ2v) is 6.07. The van der Waals surface area contributed by atoms with Crippen LogP contribution in [0.3, 0.4) is 0 Å². The Morgan fingerprint density at radius 2 is 2.17 bits per heavy atom. The Bertz CT molecular complexity index is 802. The fourth-order valence-electron chi connectivity index (χ4n) is 2.40. The molecule has 1 aromatic heterocycles. The maximum Gasteiger partial charge on any atom is 0.292 e. The molecule has 1 saturated carbocycles. The molecule has 1 aliphatic rings. The second kappa shape index (κ2) is 6.79. The zero-order valence-corrected chi connectivity index (χ0v) is 13.7. The number of nitro groups is 1. The molecule has 24 heavy (non-hydrogen) atoms. The predicted molar refractivity (Wildman–Crippen MR) is 95.3 cm³/mol. The normalized spacial score (nSPS) is 19.2. The Balaban J connectivity index is 1.56. The Hall–Kier alpha value is -2.74. The van der Waals surface area contributed by atoms with E-state index in [9.17, 15) is 10.1 Å². The first-order chi connectivity index (χ1) is 11.5. The summed E-state index contributed by atoms with van der Waals surface area (Å²) in [5.41, 5.74) is 2.86. The van der Waals surface area contributed by atoms with Gasteiger partial charge in [0, 0.05) is 12.0 Å². The molecule has 0 saturated heterocycles. The summed E-state index contributed by atoms with van der Waals surface area (Å²) in [5, 5.41) is 17.8. The molecule has 1 aliphatic carbocycles. The van der Waals surface area contributed by atoms with Crippen molar-refractivity contribution in [3.8, 4) is 0 Å². The fraction of sp³-hybridized carbons (Fsp3) is 0.250. The molecule has 0 aliphatic heterocycles. The van der Waals surface area contributed by atoms with E-state index in [1.54, 1.807) is 18.2 Å². The van der Waals surface area contributed by atoms with E-state index in [1.165, 1.54) is 12.3 Å². The van der Waals surface area contributed by atoms with Crippen molar-refractivity contribution >= 4 is 34.9 Å². The Kier molecular flexibility index (Phi) is 4.57. The van der Waals surface area contributed by atoms with E-state index in [-0.39, 0.29) is 10.8 Å². The van der Waals surface area contributed by atoms with Crippen molar-refractivity contribution in [2.75, 3.05) is 5.32 Å². The van der Waals surface area contributed by atoms with Crippen molar-refractivity contribution in [1.29, 1.82) is 0 Å². The molecule has 0 bridgehead atoms. The van der Waals surface area contributed by atoms with Crippen LogP contribution in [0.15, 0.2) is 45.9 Å².